The quantitative estimate of drug-likeness (QED) is 0.602. The summed E-state index contributed by atoms with van der Waals surface area (Å²) in [7, 11) is 0. The van der Waals surface area contributed by atoms with Crippen LogP contribution in [-0.4, -0.2) is 23.2 Å². The lowest BCUT2D eigenvalue weighted by molar-refractivity contribution is 0.300. The molecule has 0 bridgehead atoms. The Hall–Kier alpha value is -0.150. The van der Waals surface area contributed by atoms with Gasteiger partial charge in [-0.15, -0.1) is 0 Å². The first-order chi connectivity index (χ1) is 4.66. The molecule has 0 unspecified atom stereocenters. The molecule has 2 nitrogen and oxygen atoms in total. The Morgan fingerprint density at radius 1 is 1.60 bits per heavy atom. The fraction of sp³-hybridized carbons (Fsp3) is 0.857. The number of aliphatic hydroxyl groups excluding tert-OH is 1. The lowest BCUT2D eigenvalue weighted by Gasteiger charge is -2.07. The Balaban J connectivity index is 3.26. The molecule has 0 aliphatic rings. The van der Waals surface area contributed by atoms with E-state index >= 15 is 0 Å². The van der Waals surface area contributed by atoms with Crippen molar-refractivity contribution in [1.29, 1.82) is 0 Å². The van der Waals surface area contributed by atoms with E-state index in [-0.39, 0.29) is 6.61 Å². The van der Waals surface area contributed by atoms with E-state index < -0.39 is 0 Å². The highest BCUT2D eigenvalue weighted by molar-refractivity contribution is 7.80. The monoisotopic (exact) mass is 161 g/mol. The van der Waals surface area contributed by atoms with Crippen LogP contribution >= 0.6 is 12.2 Å². The summed E-state index contributed by atoms with van der Waals surface area (Å²) in [6.45, 7) is 4.96. The maximum Gasteiger partial charge on any atom is 0.0756 e. The van der Waals surface area contributed by atoms with Crippen molar-refractivity contribution in [3.8, 4) is 0 Å². The van der Waals surface area contributed by atoms with Crippen LogP contribution in [0.4, 0.5) is 0 Å². The maximum atomic E-state index is 8.43. The number of nitrogens with one attached hydrogen (secondary N) is 1. The molecule has 0 aromatic heterocycles. The predicted octanol–water partition coefficient (Wildman–Crippen LogP) is 0.942. The van der Waals surface area contributed by atoms with Gasteiger partial charge in [-0.3, -0.25) is 0 Å². The van der Waals surface area contributed by atoms with Gasteiger partial charge in [0.05, 0.1) is 11.6 Å². The van der Waals surface area contributed by atoms with Crippen LogP contribution in [0, 0.1) is 5.92 Å². The van der Waals surface area contributed by atoms with Gasteiger partial charge in [0.1, 0.15) is 0 Å². The second kappa shape index (κ2) is 5.62. The van der Waals surface area contributed by atoms with Crippen LogP contribution in [-0.2, 0) is 0 Å². The first kappa shape index (κ1) is 9.85. The first-order valence-corrected chi connectivity index (χ1v) is 3.95. The smallest absolute Gasteiger partial charge is 0.0756 e. The van der Waals surface area contributed by atoms with E-state index in [1.165, 1.54) is 0 Å². The molecule has 0 fully saturated rings. The number of hydrogen-bond acceptors (Lipinski definition) is 2. The Morgan fingerprint density at radius 2 is 2.20 bits per heavy atom. The van der Waals surface area contributed by atoms with Crippen molar-refractivity contribution in [1.82, 2.24) is 5.32 Å². The van der Waals surface area contributed by atoms with Crippen molar-refractivity contribution in [3.05, 3.63) is 0 Å². The molecule has 0 aromatic carbocycles. The SMILES string of the molecule is CC(C)CC(=S)NCCO. The molecule has 10 heavy (non-hydrogen) atoms. The third kappa shape index (κ3) is 5.98. The first-order valence-electron chi connectivity index (χ1n) is 3.54. The van der Waals surface area contributed by atoms with E-state index in [0.29, 0.717) is 12.5 Å². The standard InChI is InChI=1S/C7H15NOS/c1-6(2)5-7(10)8-3-4-9/h6,9H,3-5H2,1-2H3,(H,8,10). The molecular weight excluding hydrogens is 146 g/mol. The van der Waals surface area contributed by atoms with Gasteiger partial charge in [0.25, 0.3) is 0 Å². The summed E-state index contributed by atoms with van der Waals surface area (Å²) in [5.41, 5.74) is 0. The molecule has 0 radical (unpaired) electrons. The Kier molecular flexibility index (Phi) is 5.54. The zero-order valence-electron chi connectivity index (χ0n) is 6.55. The molecule has 60 valence electrons. The van der Waals surface area contributed by atoms with Crippen LogP contribution in [0.2, 0.25) is 0 Å². The fourth-order valence-electron chi connectivity index (χ4n) is 0.638. The molecule has 0 atom stereocenters. The van der Waals surface area contributed by atoms with Gasteiger partial charge < -0.3 is 10.4 Å². The topological polar surface area (TPSA) is 32.3 Å². The zero-order valence-corrected chi connectivity index (χ0v) is 7.37. The van der Waals surface area contributed by atoms with Crippen molar-refractivity contribution in [2.75, 3.05) is 13.2 Å². The second-order valence-electron chi connectivity index (χ2n) is 2.67. The van der Waals surface area contributed by atoms with Crippen LogP contribution < -0.4 is 5.32 Å². The molecular formula is C7H15NOS. The van der Waals surface area contributed by atoms with Gasteiger partial charge in [0.15, 0.2) is 0 Å². The van der Waals surface area contributed by atoms with E-state index in [1.807, 2.05) is 0 Å². The van der Waals surface area contributed by atoms with E-state index in [0.717, 1.165) is 11.4 Å². The lowest BCUT2D eigenvalue weighted by Crippen LogP contribution is -2.25. The number of aliphatic hydroxyl groups is 1. The molecule has 0 heterocycles. The second-order valence-corrected chi connectivity index (χ2v) is 3.16. The maximum absolute atomic E-state index is 8.43. The van der Waals surface area contributed by atoms with Crippen molar-refractivity contribution in [2.24, 2.45) is 5.92 Å². The minimum atomic E-state index is 0.151. The summed E-state index contributed by atoms with van der Waals surface area (Å²) >= 11 is 4.97. The van der Waals surface area contributed by atoms with Crippen LogP contribution in [0.3, 0.4) is 0 Å². The largest absolute Gasteiger partial charge is 0.395 e. The number of thiocarbonyl (C=S) groups is 1. The highest BCUT2D eigenvalue weighted by Gasteiger charge is 1.97. The average Bonchev–Trinajstić information content (AvgIpc) is 1.82. The van der Waals surface area contributed by atoms with Crippen molar-refractivity contribution < 1.29 is 5.11 Å². The van der Waals surface area contributed by atoms with Gasteiger partial charge in [-0.25, -0.2) is 0 Å². The van der Waals surface area contributed by atoms with E-state index in [4.69, 9.17) is 17.3 Å². The molecule has 0 rings (SSSR count). The Bertz CT molecular complexity index is 104. The van der Waals surface area contributed by atoms with E-state index in [2.05, 4.69) is 19.2 Å². The van der Waals surface area contributed by atoms with Crippen LogP contribution in [0.5, 0.6) is 0 Å². The van der Waals surface area contributed by atoms with Crippen molar-refractivity contribution in [3.63, 3.8) is 0 Å². The molecule has 2 N–H and O–H groups in total. The summed E-state index contributed by atoms with van der Waals surface area (Å²) in [6.07, 6.45) is 0.912. The van der Waals surface area contributed by atoms with Gasteiger partial charge in [-0.05, 0) is 5.92 Å². The Labute approximate surface area is 67.6 Å². The number of rotatable bonds is 4. The highest BCUT2D eigenvalue weighted by Crippen LogP contribution is 1.98. The van der Waals surface area contributed by atoms with E-state index in [9.17, 15) is 0 Å². The van der Waals surface area contributed by atoms with Gasteiger partial charge in [-0.2, -0.15) is 0 Å². The minimum absolute atomic E-state index is 0.151. The van der Waals surface area contributed by atoms with Crippen molar-refractivity contribution in [2.45, 2.75) is 20.3 Å². The highest BCUT2D eigenvalue weighted by atomic mass is 32.1. The summed E-state index contributed by atoms with van der Waals surface area (Å²) in [5, 5.41) is 11.4. The van der Waals surface area contributed by atoms with Gasteiger partial charge in [0.2, 0.25) is 0 Å². The lowest BCUT2D eigenvalue weighted by atomic mass is 10.1. The normalized spacial score (nSPS) is 10.0. The fourth-order valence-corrected chi connectivity index (χ4v) is 1.07. The summed E-state index contributed by atoms with van der Waals surface area (Å²) in [5.74, 6) is 0.596. The van der Waals surface area contributed by atoms with Crippen molar-refractivity contribution >= 4 is 17.2 Å². The van der Waals surface area contributed by atoms with Gasteiger partial charge >= 0.3 is 0 Å². The molecule has 0 aliphatic heterocycles. The van der Waals surface area contributed by atoms with Gasteiger partial charge in [0, 0.05) is 13.0 Å². The molecule has 0 amide bonds. The molecule has 0 saturated heterocycles. The zero-order chi connectivity index (χ0) is 7.98. The van der Waals surface area contributed by atoms with Crippen LogP contribution in [0.25, 0.3) is 0 Å². The third-order valence-corrected chi connectivity index (χ3v) is 1.34. The molecule has 3 heteroatoms. The number of hydrogen-bond donors (Lipinski definition) is 2. The summed E-state index contributed by atoms with van der Waals surface area (Å²) < 4.78 is 0. The summed E-state index contributed by atoms with van der Waals surface area (Å²) in [6, 6.07) is 0. The molecule has 0 saturated carbocycles. The third-order valence-electron chi connectivity index (χ3n) is 1.03. The molecule has 0 spiro atoms. The van der Waals surface area contributed by atoms with Crippen LogP contribution in [0.1, 0.15) is 20.3 Å². The van der Waals surface area contributed by atoms with Crippen LogP contribution in [0.15, 0.2) is 0 Å². The molecule has 0 aromatic rings. The average molecular weight is 161 g/mol. The Morgan fingerprint density at radius 3 is 2.60 bits per heavy atom. The predicted molar refractivity (Wildman–Crippen MR) is 47.1 cm³/mol. The van der Waals surface area contributed by atoms with Gasteiger partial charge in [-0.1, -0.05) is 26.1 Å². The van der Waals surface area contributed by atoms with E-state index in [1.54, 1.807) is 0 Å². The minimum Gasteiger partial charge on any atom is -0.395 e. The summed E-state index contributed by atoms with van der Waals surface area (Å²) in [4.78, 5) is 0.851. The molecule has 0 aliphatic carbocycles.